The standard InChI is InChI=1S/C43H44N2O2/c1-40(2)26-42(27-41(3,4)44-40)36-16-12-11-15-33(36)37-32-22-21-31(46-7)25-35(32)39-34(38(37)42)23-24-43(47-39,28-13-9-8-10-14-28)29-17-19-30(20-18-29)45(5)6/h8-25,44H,26-27H2,1-7H3. The Balaban J connectivity index is 1.47. The van der Waals surface area contributed by atoms with Gasteiger partial charge in [-0.1, -0.05) is 72.8 Å². The highest BCUT2D eigenvalue weighted by Gasteiger charge is 2.55. The van der Waals surface area contributed by atoms with Crippen LogP contribution in [0.2, 0.25) is 0 Å². The lowest BCUT2D eigenvalue weighted by atomic mass is 9.60. The van der Waals surface area contributed by atoms with E-state index >= 15 is 0 Å². The summed E-state index contributed by atoms with van der Waals surface area (Å²) in [5.74, 6) is 1.74. The zero-order valence-corrected chi connectivity index (χ0v) is 28.6. The third-order valence-corrected chi connectivity index (χ3v) is 10.6. The minimum atomic E-state index is -0.811. The van der Waals surface area contributed by atoms with Crippen molar-refractivity contribution in [2.24, 2.45) is 0 Å². The lowest BCUT2D eigenvalue weighted by Crippen LogP contribution is -2.62. The predicted octanol–water partition coefficient (Wildman–Crippen LogP) is 9.47. The summed E-state index contributed by atoms with van der Waals surface area (Å²) in [7, 11) is 5.89. The predicted molar refractivity (Wildman–Crippen MR) is 195 cm³/mol. The highest BCUT2D eigenvalue weighted by atomic mass is 16.5. The van der Waals surface area contributed by atoms with Crippen LogP contribution in [0.1, 0.15) is 68.4 Å². The van der Waals surface area contributed by atoms with E-state index in [0.29, 0.717) is 0 Å². The maximum Gasteiger partial charge on any atom is 0.178 e. The number of ether oxygens (including phenoxy) is 2. The Hall–Kier alpha value is -4.54. The SMILES string of the molecule is COc1ccc2c3c(c4c(c2c1)OC(c1ccccc1)(c1ccc(N(C)C)cc1)C=C4)C1(CC(C)(C)NC(C)(C)C1)c1ccccc1-3. The van der Waals surface area contributed by atoms with Crippen LogP contribution in [-0.4, -0.2) is 32.3 Å². The highest BCUT2D eigenvalue weighted by molar-refractivity contribution is 6.09. The van der Waals surface area contributed by atoms with Gasteiger partial charge in [0.15, 0.2) is 5.60 Å². The van der Waals surface area contributed by atoms with Gasteiger partial charge < -0.3 is 19.7 Å². The Morgan fingerprint density at radius 1 is 0.745 bits per heavy atom. The molecule has 4 heteroatoms. The van der Waals surface area contributed by atoms with Crippen LogP contribution in [0.3, 0.4) is 0 Å². The largest absolute Gasteiger partial charge is 0.497 e. The molecule has 1 saturated heterocycles. The van der Waals surface area contributed by atoms with Crippen molar-refractivity contribution in [3.63, 3.8) is 0 Å². The molecule has 1 atom stereocenters. The van der Waals surface area contributed by atoms with E-state index < -0.39 is 5.60 Å². The van der Waals surface area contributed by atoms with E-state index in [2.05, 4.69) is 161 Å². The van der Waals surface area contributed by atoms with Gasteiger partial charge in [-0.2, -0.15) is 0 Å². The monoisotopic (exact) mass is 620 g/mol. The Morgan fingerprint density at radius 3 is 2.09 bits per heavy atom. The summed E-state index contributed by atoms with van der Waals surface area (Å²) >= 11 is 0. The molecule has 5 aromatic rings. The van der Waals surface area contributed by atoms with Gasteiger partial charge in [-0.15, -0.1) is 0 Å². The third kappa shape index (κ3) is 4.45. The molecule has 3 aliphatic rings. The number of hydrogen-bond donors (Lipinski definition) is 1. The average molecular weight is 621 g/mol. The maximum atomic E-state index is 7.60. The van der Waals surface area contributed by atoms with Gasteiger partial charge >= 0.3 is 0 Å². The number of methoxy groups -OCH3 is 1. The fourth-order valence-corrected chi connectivity index (χ4v) is 9.39. The van der Waals surface area contributed by atoms with E-state index in [1.165, 1.54) is 33.2 Å². The molecule has 5 aromatic carbocycles. The summed E-state index contributed by atoms with van der Waals surface area (Å²) in [6.07, 6.45) is 6.66. The molecule has 8 rings (SSSR count). The van der Waals surface area contributed by atoms with Crippen LogP contribution in [0.15, 0.2) is 103 Å². The molecule has 2 aliphatic heterocycles. The van der Waals surface area contributed by atoms with Gasteiger partial charge in [0.1, 0.15) is 11.5 Å². The second-order valence-corrected chi connectivity index (χ2v) is 15.3. The van der Waals surface area contributed by atoms with Crippen LogP contribution in [0.5, 0.6) is 11.5 Å². The smallest absolute Gasteiger partial charge is 0.178 e. The average Bonchev–Trinajstić information content (AvgIpc) is 3.32. The number of nitrogens with one attached hydrogen (secondary N) is 1. The molecular formula is C43H44N2O2. The summed E-state index contributed by atoms with van der Waals surface area (Å²) in [6, 6.07) is 35.1. The van der Waals surface area contributed by atoms with Gasteiger partial charge in [-0.05, 0) is 105 Å². The van der Waals surface area contributed by atoms with Gasteiger partial charge in [0.05, 0.1) is 7.11 Å². The third-order valence-electron chi connectivity index (χ3n) is 10.6. The molecule has 0 radical (unpaired) electrons. The first-order chi connectivity index (χ1) is 22.5. The van der Waals surface area contributed by atoms with Crippen LogP contribution in [0, 0.1) is 0 Å². The molecule has 4 nitrogen and oxygen atoms in total. The molecule has 1 N–H and O–H groups in total. The van der Waals surface area contributed by atoms with E-state index in [-0.39, 0.29) is 16.5 Å². The fourth-order valence-electron chi connectivity index (χ4n) is 9.39. The molecule has 2 heterocycles. The lowest BCUT2D eigenvalue weighted by Gasteiger charge is -2.53. The van der Waals surface area contributed by atoms with Crippen LogP contribution in [0.25, 0.3) is 28.0 Å². The van der Waals surface area contributed by atoms with Crippen molar-refractivity contribution in [1.29, 1.82) is 0 Å². The van der Waals surface area contributed by atoms with Crippen molar-refractivity contribution in [1.82, 2.24) is 5.32 Å². The molecule has 0 amide bonds. The lowest BCUT2D eigenvalue weighted by molar-refractivity contribution is 0.124. The molecule has 0 bridgehead atoms. The van der Waals surface area contributed by atoms with Crippen molar-refractivity contribution in [2.45, 2.75) is 62.6 Å². The van der Waals surface area contributed by atoms with Gasteiger partial charge in [-0.25, -0.2) is 0 Å². The summed E-state index contributed by atoms with van der Waals surface area (Å²) < 4.78 is 13.4. The molecule has 1 unspecified atom stereocenters. The highest BCUT2D eigenvalue weighted by Crippen LogP contribution is 2.63. The van der Waals surface area contributed by atoms with Crippen LogP contribution in [0.4, 0.5) is 5.69 Å². The second-order valence-electron chi connectivity index (χ2n) is 15.3. The van der Waals surface area contributed by atoms with Crippen LogP contribution < -0.4 is 19.7 Å². The Kier molecular flexibility index (Phi) is 6.49. The van der Waals surface area contributed by atoms with Crippen molar-refractivity contribution < 1.29 is 9.47 Å². The van der Waals surface area contributed by atoms with Gasteiger partial charge in [0.2, 0.25) is 0 Å². The van der Waals surface area contributed by atoms with Gasteiger partial charge in [-0.3, -0.25) is 0 Å². The van der Waals surface area contributed by atoms with E-state index in [1.54, 1.807) is 7.11 Å². The molecule has 0 aromatic heterocycles. The molecule has 0 saturated carbocycles. The minimum absolute atomic E-state index is 0.0700. The first kappa shape index (κ1) is 29.8. The molecule has 1 spiro atoms. The number of rotatable bonds is 4. The molecule has 1 fully saturated rings. The van der Waals surface area contributed by atoms with E-state index in [0.717, 1.165) is 46.5 Å². The van der Waals surface area contributed by atoms with Crippen molar-refractivity contribution >= 4 is 22.5 Å². The Labute approximate surface area is 279 Å². The topological polar surface area (TPSA) is 33.7 Å². The van der Waals surface area contributed by atoms with Gasteiger partial charge in [0.25, 0.3) is 0 Å². The normalized spacial score (nSPS) is 21.1. The number of fused-ring (bicyclic) bond motifs is 10. The first-order valence-electron chi connectivity index (χ1n) is 16.8. The number of anilines is 1. The second kappa shape index (κ2) is 10.2. The van der Waals surface area contributed by atoms with E-state index in [1.807, 2.05) is 0 Å². The quantitative estimate of drug-likeness (QED) is 0.217. The van der Waals surface area contributed by atoms with Crippen molar-refractivity contribution in [3.05, 3.63) is 131 Å². The minimum Gasteiger partial charge on any atom is -0.497 e. The Morgan fingerprint density at radius 2 is 1.40 bits per heavy atom. The van der Waals surface area contributed by atoms with Crippen LogP contribution in [-0.2, 0) is 11.0 Å². The number of nitrogens with zero attached hydrogens (tertiary/aromatic N) is 1. The zero-order valence-electron chi connectivity index (χ0n) is 28.6. The van der Waals surface area contributed by atoms with Crippen molar-refractivity contribution in [3.8, 4) is 22.6 Å². The fraction of sp³-hybridized carbons (Fsp3) is 0.302. The summed E-state index contributed by atoms with van der Waals surface area (Å²) in [6.45, 7) is 9.44. The van der Waals surface area contributed by atoms with E-state index in [4.69, 9.17) is 9.47 Å². The summed E-state index contributed by atoms with van der Waals surface area (Å²) in [4.78, 5) is 2.13. The van der Waals surface area contributed by atoms with Gasteiger partial charge in [0, 0.05) is 58.4 Å². The Bertz CT molecular complexity index is 2040. The van der Waals surface area contributed by atoms with E-state index in [9.17, 15) is 0 Å². The molecule has 238 valence electrons. The summed E-state index contributed by atoms with van der Waals surface area (Å²) in [5, 5.41) is 6.26. The first-order valence-corrected chi connectivity index (χ1v) is 16.8. The summed E-state index contributed by atoms with van der Waals surface area (Å²) in [5.41, 5.74) is 8.88. The number of piperidine rings is 1. The molecule has 47 heavy (non-hydrogen) atoms. The van der Waals surface area contributed by atoms with Crippen molar-refractivity contribution in [2.75, 3.05) is 26.1 Å². The zero-order chi connectivity index (χ0) is 32.8. The number of benzene rings is 5. The molecular weight excluding hydrogens is 576 g/mol. The van der Waals surface area contributed by atoms with Crippen LogP contribution >= 0.6 is 0 Å². The molecule has 1 aliphatic carbocycles. The maximum absolute atomic E-state index is 7.60. The number of hydrogen-bond acceptors (Lipinski definition) is 4.